The molecule has 2 aromatic carbocycles. The molecule has 1 N–H and O–H groups in total. The van der Waals surface area contributed by atoms with Crippen LogP contribution in [0.1, 0.15) is 12.5 Å². The summed E-state index contributed by atoms with van der Waals surface area (Å²) in [6, 6.07) is 14.7. The van der Waals surface area contributed by atoms with Crippen LogP contribution in [0, 0.1) is 0 Å². The number of hydrogen-bond acceptors (Lipinski definition) is 1. The Morgan fingerprint density at radius 3 is 2.56 bits per heavy atom. The number of hydrogen-bond donors (Lipinski definition) is 1. The third-order valence-corrected chi connectivity index (χ3v) is 5.55. The Morgan fingerprint density at radius 1 is 1.00 bits per heavy atom. The monoisotopic (exact) mass is 226 g/mol. The van der Waals surface area contributed by atoms with Crippen LogP contribution in [0.2, 0.25) is 0 Å². The van der Waals surface area contributed by atoms with Gasteiger partial charge in [-0.05, 0) is 33.5 Å². The van der Waals surface area contributed by atoms with E-state index in [1.165, 1.54) is 27.1 Å². The SMILES string of the molecule is CCc1ccc2c(c1)-c1ccccc1[SiH]2O. The van der Waals surface area contributed by atoms with E-state index in [1.807, 2.05) is 12.1 Å². The highest BCUT2D eigenvalue weighted by molar-refractivity contribution is 6.83. The third kappa shape index (κ3) is 1.27. The van der Waals surface area contributed by atoms with Gasteiger partial charge in [0.1, 0.15) is 0 Å². The summed E-state index contributed by atoms with van der Waals surface area (Å²) in [6.45, 7) is 2.16. The second-order valence-electron chi connectivity index (χ2n) is 4.26. The summed E-state index contributed by atoms with van der Waals surface area (Å²) >= 11 is 0. The molecule has 0 saturated heterocycles. The summed E-state index contributed by atoms with van der Waals surface area (Å²) < 4.78 is 0. The lowest BCUT2D eigenvalue weighted by Crippen LogP contribution is -2.37. The largest absolute Gasteiger partial charge is 0.426 e. The molecule has 0 amide bonds. The molecule has 0 fully saturated rings. The molecule has 1 aliphatic rings. The molecule has 0 spiro atoms. The van der Waals surface area contributed by atoms with E-state index in [2.05, 4.69) is 37.3 Å². The predicted molar refractivity (Wildman–Crippen MR) is 69.9 cm³/mol. The first-order chi connectivity index (χ1) is 7.81. The van der Waals surface area contributed by atoms with Gasteiger partial charge in [-0.25, -0.2) is 0 Å². The van der Waals surface area contributed by atoms with Crippen molar-refractivity contribution in [3.05, 3.63) is 48.0 Å². The van der Waals surface area contributed by atoms with E-state index >= 15 is 0 Å². The fourth-order valence-electron chi connectivity index (χ4n) is 2.44. The van der Waals surface area contributed by atoms with Gasteiger partial charge in [0, 0.05) is 0 Å². The summed E-state index contributed by atoms with van der Waals surface area (Å²) in [5.74, 6) is 0. The van der Waals surface area contributed by atoms with Gasteiger partial charge in [-0.1, -0.05) is 49.4 Å². The molecule has 16 heavy (non-hydrogen) atoms. The zero-order valence-corrected chi connectivity index (χ0v) is 10.4. The van der Waals surface area contributed by atoms with E-state index in [1.54, 1.807) is 0 Å². The summed E-state index contributed by atoms with van der Waals surface area (Å²) in [4.78, 5) is 10.3. The van der Waals surface area contributed by atoms with Crippen LogP contribution < -0.4 is 10.4 Å². The Balaban J connectivity index is 2.27. The molecular weight excluding hydrogens is 212 g/mol. The second kappa shape index (κ2) is 3.58. The van der Waals surface area contributed by atoms with Crippen molar-refractivity contribution >= 4 is 19.4 Å². The summed E-state index contributed by atoms with van der Waals surface area (Å²) in [5.41, 5.74) is 3.85. The second-order valence-corrected chi connectivity index (χ2v) is 6.31. The maximum atomic E-state index is 10.3. The van der Waals surface area contributed by atoms with Crippen LogP contribution in [-0.2, 0) is 6.42 Å². The summed E-state index contributed by atoms with van der Waals surface area (Å²) in [6.07, 6.45) is 1.05. The average Bonchev–Trinajstić information content (AvgIpc) is 2.64. The smallest absolute Gasteiger partial charge is 0.237 e. The molecule has 1 atom stereocenters. The van der Waals surface area contributed by atoms with Gasteiger partial charge in [0.25, 0.3) is 0 Å². The number of benzene rings is 2. The molecule has 1 nitrogen and oxygen atoms in total. The van der Waals surface area contributed by atoms with Crippen molar-refractivity contribution in [2.75, 3.05) is 0 Å². The van der Waals surface area contributed by atoms with E-state index < -0.39 is 9.04 Å². The zero-order chi connectivity index (χ0) is 11.1. The lowest BCUT2D eigenvalue weighted by molar-refractivity contribution is 0.601. The van der Waals surface area contributed by atoms with Crippen LogP contribution in [-0.4, -0.2) is 13.8 Å². The van der Waals surface area contributed by atoms with Crippen LogP contribution in [0.4, 0.5) is 0 Å². The molecule has 2 aromatic rings. The standard InChI is InChI=1S/C14H14OSi/c1-2-10-7-8-14-12(9-10)11-5-3-4-6-13(11)16(14)15/h3-9,15-16H,2H2,1H3. The van der Waals surface area contributed by atoms with Crippen molar-refractivity contribution in [1.82, 2.24) is 0 Å². The van der Waals surface area contributed by atoms with Crippen molar-refractivity contribution in [1.29, 1.82) is 0 Å². The minimum absolute atomic E-state index is 1.05. The van der Waals surface area contributed by atoms with Crippen LogP contribution in [0.3, 0.4) is 0 Å². The Morgan fingerprint density at radius 2 is 1.75 bits per heavy atom. The Hall–Kier alpha value is -1.38. The minimum atomic E-state index is -1.88. The molecule has 0 radical (unpaired) electrons. The highest BCUT2D eigenvalue weighted by atomic mass is 28.3. The molecule has 0 saturated carbocycles. The van der Waals surface area contributed by atoms with Crippen molar-refractivity contribution in [2.24, 2.45) is 0 Å². The van der Waals surface area contributed by atoms with E-state index in [-0.39, 0.29) is 0 Å². The minimum Gasteiger partial charge on any atom is -0.426 e. The molecule has 1 unspecified atom stereocenters. The van der Waals surface area contributed by atoms with Crippen molar-refractivity contribution < 1.29 is 4.80 Å². The number of aryl methyl sites for hydroxylation is 1. The molecule has 2 heteroatoms. The van der Waals surface area contributed by atoms with E-state index in [4.69, 9.17) is 0 Å². The molecule has 1 heterocycles. The van der Waals surface area contributed by atoms with Gasteiger partial charge in [-0.2, -0.15) is 0 Å². The Labute approximate surface area is 97.1 Å². The average molecular weight is 226 g/mol. The van der Waals surface area contributed by atoms with Crippen molar-refractivity contribution in [3.63, 3.8) is 0 Å². The maximum absolute atomic E-state index is 10.3. The highest BCUT2D eigenvalue weighted by Crippen LogP contribution is 2.23. The van der Waals surface area contributed by atoms with Gasteiger partial charge in [-0.3, -0.25) is 0 Å². The molecule has 0 aromatic heterocycles. The highest BCUT2D eigenvalue weighted by Gasteiger charge is 2.28. The Kier molecular flexibility index (Phi) is 2.19. The van der Waals surface area contributed by atoms with Crippen LogP contribution in [0.5, 0.6) is 0 Å². The molecular formula is C14H14OSi. The normalized spacial score (nSPS) is 17.0. The van der Waals surface area contributed by atoms with Crippen LogP contribution in [0.15, 0.2) is 42.5 Å². The fourth-order valence-corrected chi connectivity index (χ4v) is 4.43. The van der Waals surface area contributed by atoms with Gasteiger partial charge in [-0.15, -0.1) is 0 Å². The topological polar surface area (TPSA) is 20.2 Å². The maximum Gasteiger partial charge on any atom is 0.237 e. The lowest BCUT2D eigenvalue weighted by Gasteiger charge is -2.04. The fraction of sp³-hybridized carbons (Fsp3) is 0.143. The van der Waals surface area contributed by atoms with Gasteiger partial charge in [0.15, 0.2) is 0 Å². The Bertz CT molecular complexity index is 548. The lowest BCUT2D eigenvalue weighted by atomic mass is 10.0. The zero-order valence-electron chi connectivity index (χ0n) is 9.27. The summed E-state index contributed by atoms with van der Waals surface area (Å²) in [7, 11) is -1.88. The molecule has 0 aliphatic carbocycles. The third-order valence-electron chi connectivity index (χ3n) is 3.37. The van der Waals surface area contributed by atoms with E-state index in [0.717, 1.165) is 6.42 Å². The van der Waals surface area contributed by atoms with Gasteiger partial charge in [0.2, 0.25) is 9.04 Å². The first kappa shape index (κ1) is 9.82. The van der Waals surface area contributed by atoms with Crippen LogP contribution >= 0.6 is 0 Å². The molecule has 80 valence electrons. The predicted octanol–water partition coefficient (Wildman–Crippen LogP) is 1.06. The van der Waals surface area contributed by atoms with E-state index in [0.29, 0.717) is 0 Å². The quantitative estimate of drug-likeness (QED) is 0.721. The van der Waals surface area contributed by atoms with Gasteiger partial charge in [0.05, 0.1) is 0 Å². The first-order valence-corrected chi connectivity index (χ1v) is 7.38. The number of rotatable bonds is 1. The van der Waals surface area contributed by atoms with E-state index in [9.17, 15) is 4.80 Å². The van der Waals surface area contributed by atoms with Gasteiger partial charge < -0.3 is 4.80 Å². The molecule has 1 aliphatic heterocycles. The van der Waals surface area contributed by atoms with Gasteiger partial charge >= 0.3 is 0 Å². The molecule has 3 rings (SSSR count). The summed E-state index contributed by atoms with van der Waals surface area (Å²) in [5, 5.41) is 2.35. The van der Waals surface area contributed by atoms with Crippen molar-refractivity contribution in [3.8, 4) is 11.1 Å². The van der Waals surface area contributed by atoms with Crippen LogP contribution in [0.25, 0.3) is 11.1 Å². The van der Waals surface area contributed by atoms with Crippen molar-refractivity contribution in [2.45, 2.75) is 13.3 Å². The number of fused-ring (bicyclic) bond motifs is 3. The molecule has 0 bridgehead atoms. The first-order valence-electron chi connectivity index (χ1n) is 5.71.